The number of hydrogen-bond donors (Lipinski definition) is 0. The number of Topliss-reactive ketones (excluding diaryl/α,β-unsaturated/α-hetero) is 1. The van der Waals surface area contributed by atoms with Crippen LogP contribution in [0.15, 0.2) is 42.5 Å². The van der Waals surface area contributed by atoms with Crippen LogP contribution in [0.1, 0.15) is 33.2 Å². The number of nitrogens with zero attached hydrogens (tertiary/aromatic N) is 1. The maximum absolute atomic E-state index is 12.8. The van der Waals surface area contributed by atoms with Crippen LogP contribution in [-0.4, -0.2) is 25.3 Å². The number of carbonyl (C=O) groups is 2. The van der Waals surface area contributed by atoms with Crippen LogP contribution in [0.25, 0.3) is 0 Å². The van der Waals surface area contributed by atoms with E-state index in [2.05, 4.69) is 0 Å². The minimum absolute atomic E-state index is 0.0990. The fourth-order valence-corrected chi connectivity index (χ4v) is 2.84. The molecule has 0 aliphatic carbocycles. The third-order valence-corrected chi connectivity index (χ3v) is 3.96. The quantitative estimate of drug-likeness (QED) is 0.817. The van der Waals surface area contributed by atoms with E-state index >= 15 is 0 Å². The molecule has 0 saturated heterocycles. The Morgan fingerprint density at radius 3 is 2.50 bits per heavy atom. The average Bonchev–Trinajstić information content (AvgIpc) is 2.97. The van der Waals surface area contributed by atoms with Gasteiger partial charge in [-0.05, 0) is 43.2 Å². The molecule has 4 heteroatoms. The SMILES string of the molecule is COc1ccc2c(c1)CCN2C(=O)c1ccccc1C(C)=O. The molecule has 22 heavy (non-hydrogen) atoms. The fourth-order valence-electron chi connectivity index (χ4n) is 2.84. The van der Waals surface area contributed by atoms with Gasteiger partial charge in [0.25, 0.3) is 5.91 Å². The van der Waals surface area contributed by atoms with Crippen molar-refractivity contribution in [3.05, 3.63) is 59.2 Å². The first-order valence-corrected chi connectivity index (χ1v) is 7.20. The Bertz CT molecular complexity index is 752. The number of anilines is 1. The van der Waals surface area contributed by atoms with E-state index in [9.17, 15) is 9.59 Å². The number of benzene rings is 2. The maximum atomic E-state index is 12.8. The van der Waals surface area contributed by atoms with Gasteiger partial charge in [-0.3, -0.25) is 9.59 Å². The summed E-state index contributed by atoms with van der Waals surface area (Å²) in [4.78, 5) is 26.3. The Kier molecular flexibility index (Phi) is 3.67. The van der Waals surface area contributed by atoms with Crippen LogP contribution >= 0.6 is 0 Å². The molecule has 1 aliphatic rings. The van der Waals surface area contributed by atoms with Gasteiger partial charge in [-0.15, -0.1) is 0 Å². The van der Waals surface area contributed by atoms with Crippen molar-refractivity contribution < 1.29 is 14.3 Å². The van der Waals surface area contributed by atoms with Crippen LogP contribution < -0.4 is 9.64 Å². The van der Waals surface area contributed by atoms with E-state index in [-0.39, 0.29) is 11.7 Å². The zero-order valence-corrected chi connectivity index (χ0v) is 12.6. The summed E-state index contributed by atoms with van der Waals surface area (Å²) in [6.07, 6.45) is 0.792. The molecular formula is C18H17NO3. The standard InChI is InChI=1S/C18H17NO3/c1-12(20)15-5-3-4-6-16(15)18(21)19-10-9-13-11-14(22-2)7-8-17(13)19/h3-8,11H,9-10H2,1-2H3. The van der Waals surface area contributed by atoms with Crippen molar-refractivity contribution >= 4 is 17.4 Å². The van der Waals surface area contributed by atoms with Crippen LogP contribution in [-0.2, 0) is 6.42 Å². The van der Waals surface area contributed by atoms with Crippen LogP contribution in [0.5, 0.6) is 5.75 Å². The topological polar surface area (TPSA) is 46.6 Å². The molecule has 1 aliphatic heterocycles. The summed E-state index contributed by atoms with van der Waals surface area (Å²) in [7, 11) is 1.63. The second kappa shape index (κ2) is 5.64. The molecule has 0 bridgehead atoms. The zero-order chi connectivity index (χ0) is 15.7. The Morgan fingerprint density at radius 1 is 1.09 bits per heavy atom. The van der Waals surface area contributed by atoms with Crippen molar-refractivity contribution in [2.75, 3.05) is 18.6 Å². The lowest BCUT2D eigenvalue weighted by Gasteiger charge is -2.19. The van der Waals surface area contributed by atoms with Crippen molar-refractivity contribution in [1.29, 1.82) is 0 Å². The number of rotatable bonds is 3. The van der Waals surface area contributed by atoms with Crippen molar-refractivity contribution in [3.63, 3.8) is 0 Å². The van der Waals surface area contributed by atoms with Gasteiger partial charge in [-0.1, -0.05) is 18.2 Å². The number of hydrogen-bond acceptors (Lipinski definition) is 3. The molecule has 3 rings (SSSR count). The van der Waals surface area contributed by atoms with Gasteiger partial charge in [0.2, 0.25) is 0 Å². The van der Waals surface area contributed by atoms with Gasteiger partial charge < -0.3 is 9.64 Å². The number of fused-ring (bicyclic) bond motifs is 1. The minimum atomic E-state index is -0.130. The summed E-state index contributed by atoms with van der Waals surface area (Å²) in [6.45, 7) is 2.10. The third-order valence-electron chi connectivity index (χ3n) is 3.96. The summed E-state index contributed by atoms with van der Waals surface area (Å²) in [5, 5.41) is 0. The largest absolute Gasteiger partial charge is 0.497 e. The Morgan fingerprint density at radius 2 is 1.82 bits per heavy atom. The molecule has 2 aromatic rings. The molecule has 4 nitrogen and oxygen atoms in total. The van der Waals surface area contributed by atoms with E-state index in [0.717, 1.165) is 23.4 Å². The molecule has 0 N–H and O–H groups in total. The first-order chi connectivity index (χ1) is 10.6. The van der Waals surface area contributed by atoms with Gasteiger partial charge in [0.1, 0.15) is 5.75 Å². The van der Waals surface area contributed by atoms with Crippen molar-refractivity contribution in [3.8, 4) is 5.75 Å². The molecule has 1 heterocycles. The van der Waals surface area contributed by atoms with Gasteiger partial charge in [-0.25, -0.2) is 0 Å². The molecule has 0 unspecified atom stereocenters. The first kappa shape index (κ1) is 14.3. The Hall–Kier alpha value is -2.62. The van der Waals surface area contributed by atoms with E-state index in [1.165, 1.54) is 6.92 Å². The third kappa shape index (κ3) is 2.37. The number of ether oxygens (including phenoxy) is 1. The Balaban J connectivity index is 1.98. The highest BCUT2D eigenvalue weighted by molar-refractivity contribution is 6.13. The van der Waals surface area contributed by atoms with Crippen LogP contribution in [0.3, 0.4) is 0 Å². The highest BCUT2D eigenvalue weighted by Crippen LogP contribution is 2.32. The van der Waals surface area contributed by atoms with Gasteiger partial charge in [0, 0.05) is 17.8 Å². The van der Waals surface area contributed by atoms with E-state index in [4.69, 9.17) is 4.74 Å². The molecule has 1 amide bonds. The number of methoxy groups -OCH3 is 1. The molecule has 0 aromatic heterocycles. The van der Waals surface area contributed by atoms with E-state index in [1.807, 2.05) is 18.2 Å². The smallest absolute Gasteiger partial charge is 0.259 e. The lowest BCUT2D eigenvalue weighted by atomic mass is 10.0. The maximum Gasteiger partial charge on any atom is 0.259 e. The Labute approximate surface area is 129 Å². The van der Waals surface area contributed by atoms with Crippen LogP contribution in [0, 0.1) is 0 Å². The van der Waals surface area contributed by atoms with Crippen molar-refractivity contribution in [1.82, 2.24) is 0 Å². The second-order valence-corrected chi connectivity index (χ2v) is 5.30. The lowest BCUT2D eigenvalue weighted by molar-refractivity contribution is 0.0966. The number of amides is 1. The number of ketones is 1. The first-order valence-electron chi connectivity index (χ1n) is 7.20. The van der Waals surface area contributed by atoms with Crippen LogP contribution in [0.2, 0.25) is 0 Å². The lowest BCUT2D eigenvalue weighted by Crippen LogP contribution is -2.30. The van der Waals surface area contributed by atoms with Gasteiger partial charge in [0.05, 0.1) is 12.7 Å². The minimum Gasteiger partial charge on any atom is -0.497 e. The molecule has 112 valence electrons. The molecule has 2 aromatic carbocycles. The average molecular weight is 295 g/mol. The van der Waals surface area contributed by atoms with Gasteiger partial charge in [0.15, 0.2) is 5.78 Å². The zero-order valence-electron chi connectivity index (χ0n) is 12.6. The molecule has 0 spiro atoms. The molecule has 0 atom stereocenters. The predicted octanol–water partition coefficient (Wildman–Crippen LogP) is 3.10. The highest BCUT2D eigenvalue weighted by Gasteiger charge is 2.27. The van der Waals surface area contributed by atoms with Gasteiger partial charge >= 0.3 is 0 Å². The molecule has 0 radical (unpaired) electrons. The van der Waals surface area contributed by atoms with E-state index in [1.54, 1.807) is 36.3 Å². The van der Waals surface area contributed by atoms with E-state index in [0.29, 0.717) is 17.7 Å². The van der Waals surface area contributed by atoms with Crippen molar-refractivity contribution in [2.24, 2.45) is 0 Å². The normalized spacial score (nSPS) is 12.9. The van der Waals surface area contributed by atoms with Crippen molar-refractivity contribution in [2.45, 2.75) is 13.3 Å². The summed E-state index contributed by atoms with van der Waals surface area (Å²) in [6, 6.07) is 12.7. The second-order valence-electron chi connectivity index (χ2n) is 5.30. The molecule has 0 fully saturated rings. The van der Waals surface area contributed by atoms with Gasteiger partial charge in [-0.2, -0.15) is 0 Å². The summed E-state index contributed by atoms with van der Waals surface area (Å²) >= 11 is 0. The fraction of sp³-hybridized carbons (Fsp3) is 0.222. The molecular weight excluding hydrogens is 278 g/mol. The monoisotopic (exact) mass is 295 g/mol. The number of carbonyl (C=O) groups excluding carboxylic acids is 2. The summed E-state index contributed by atoms with van der Waals surface area (Å²) in [5.74, 6) is 0.560. The van der Waals surface area contributed by atoms with E-state index < -0.39 is 0 Å². The molecule has 0 saturated carbocycles. The summed E-state index contributed by atoms with van der Waals surface area (Å²) < 4.78 is 5.22. The predicted molar refractivity (Wildman–Crippen MR) is 84.8 cm³/mol. The summed E-state index contributed by atoms with van der Waals surface area (Å²) in [5.41, 5.74) is 2.91. The van der Waals surface area contributed by atoms with Crippen LogP contribution in [0.4, 0.5) is 5.69 Å². The highest BCUT2D eigenvalue weighted by atomic mass is 16.5.